The van der Waals surface area contributed by atoms with Crippen LogP contribution in [-0.2, 0) is 52.2 Å². The first-order valence-electron chi connectivity index (χ1n) is 23.6. The summed E-state index contributed by atoms with van der Waals surface area (Å²) in [7, 11) is 0. The van der Waals surface area contributed by atoms with Crippen molar-refractivity contribution in [3.63, 3.8) is 0 Å². The minimum absolute atomic E-state index is 0.0131. The third kappa shape index (κ3) is 8.27. The van der Waals surface area contributed by atoms with Crippen molar-refractivity contribution in [3.05, 3.63) is 37.0 Å². The molecule has 9 heterocycles. The lowest BCUT2D eigenvalue weighted by molar-refractivity contribution is -0.323. The molecule has 60 heavy (non-hydrogen) atoms. The fourth-order valence-electron chi connectivity index (χ4n) is 12.5. The molecule has 0 aromatic carbocycles. The van der Waals surface area contributed by atoms with Crippen LogP contribution in [-0.4, -0.2) is 121 Å². The highest BCUT2D eigenvalue weighted by molar-refractivity contribution is 5.70. The van der Waals surface area contributed by atoms with Crippen molar-refractivity contribution in [1.29, 1.82) is 0 Å². The zero-order valence-electron chi connectivity index (χ0n) is 36.7. The van der Waals surface area contributed by atoms with E-state index in [0.717, 1.165) is 56.1 Å². The van der Waals surface area contributed by atoms with Crippen LogP contribution >= 0.6 is 0 Å². The van der Waals surface area contributed by atoms with Crippen LogP contribution in [0, 0.1) is 23.7 Å². The highest BCUT2D eigenvalue weighted by atomic mass is 16.8. The molecule has 9 fully saturated rings. The number of ether oxygens (including phenoxy) is 10. The summed E-state index contributed by atoms with van der Waals surface area (Å²) in [6.07, 6.45) is 6.41. The van der Waals surface area contributed by atoms with Gasteiger partial charge >= 0.3 is 5.97 Å². The van der Waals surface area contributed by atoms with Crippen molar-refractivity contribution in [2.75, 3.05) is 6.61 Å². The van der Waals surface area contributed by atoms with Crippen molar-refractivity contribution >= 4 is 5.97 Å². The van der Waals surface area contributed by atoms with E-state index in [4.69, 9.17) is 47.4 Å². The van der Waals surface area contributed by atoms with E-state index in [1.54, 1.807) is 6.08 Å². The van der Waals surface area contributed by atoms with Crippen molar-refractivity contribution < 1.29 is 57.3 Å². The van der Waals surface area contributed by atoms with Crippen molar-refractivity contribution in [2.45, 2.75) is 228 Å². The standard InChI is InChI=1S/C48H72O12/c1-9-11-34-27(5)21-38-41(56-34)29(7)42-39(55-38)23-37-28(6)25(3)19-31(53-37)12-14-35-26(4)20-33(52-35)16-17-47(50)24-48(51-18-10-2)30(8)43-45(60-48)46(59-47)44-36(57-43)15-13-32(54-44)22-40(49)58-42/h10,25,27,29-39,41-46,50H,2,4,6,9,11-24H2,1,3,5,7-8H3/t25-,27-,29+,30+,31+,32?,33+,34-,35?,36+,37?,38+,39+,41+,42-,43?,44+,45-,46+,47+,48?/m1/s1. The summed E-state index contributed by atoms with van der Waals surface area (Å²) >= 11 is 0. The Balaban J connectivity index is 1.01. The second-order valence-corrected chi connectivity index (χ2v) is 20.2. The molecule has 0 aromatic rings. The summed E-state index contributed by atoms with van der Waals surface area (Å²) < 4.78 is 67.7. The Morgan fingerprint density at radius 1 is 0.750 bits per heavy atom. The van der Waals surface area contributed by atoms with E-state index >= 15 is 0 Å². The first-order valence-corrected chi connectivity index (χ1v) is 23.6. The van der Waals surface area contributed by atoms with Gasteiger partial charge in [-0.05, 0) is 80.8 Å². The van der Waals surface area contributed by atoms with E-state index in [0.29, 0.717) is 38.0 Å². The molecule has 0 radical (unpaired) electrons. The van der Waals surface area contributed by atoms with Crippen LogP contribution in [0.2, 0.25) is 0 Å². The number of rotatable bonds is 5. The number of carbonyl (C=O) groups is 1. The maximum Gasteiger partial charge on any atom is 0.308 e. The van der Waals surface area contributed by atoms with Gasteiger partial charge in [0.05, 0.1) is 86.6 Å². The van der Waals surface area contributed by atoms with Gasteiger partial charge in [-0.1, -0.05) is 60.3 Å². The van der Waals surface area contributed by atoms with Crippen LogP contribution in [0.15, 0.2) is 37.0 Å². The smallest absolute Gasteiger partial charge is 0.308 e. The van der Waals surface area contributed by atoms with Crippen LogP contribution in [0.3, 0.4) is 0 Å². The van der Waals surface area contributed by atoms with Gasteiger partial charge in [0.25, 0.3) is 0 Å². The Kier molecular flexibility index (Phi) is 12.6. The summed E-state index contributed by atoms with van der Waals surface area (Å²) in [5.41, 5.74) is 2.14. The molecule has 10 bridgehead atoms. The van der Waals surface area contributed by atoms with Crippen LogP contribution < -0.4 is 0 Å². The Morgan fingerprint density at radius 2 is 1.50 bits per heavy atom. The molecule has 12 heteroatoms. The molecule has 0 saturated carbocycles. The number of carbonyl (C=O) groups excluding carboxylic acids is 1. The SMILES string of the molecule is C=CCOC12C[C@]3(O)CC[C@H]4CC(=C)C(CC[C@H]5C[C@@H](C)C(=C)C(C[C@@H]6O[C@H]7C[C@@H](C)[C@@H](CCC)O[C@H]7[C@H](C)[C@H]6OC(=O)CC6CC[C@@H]7OC([C@@H](O1)[C@@H](O3)[C@H]7O6)[C@@H]2C)O5)O4. The van der Waals surface area contributed by atoms with Gasteiger partial charge in [0, 0.05) is 24.7 Å². The molecular formula is C48H72O12. The average Bonchev–Trinajstić information content (AvgIpc) is 3.65. The maximum atomic E-state index is 14.2. The van der Waals surface area contributed by atoms with Crippen molar-refractivity contribution in [1.82, 2.24) is 0 Å². The van der Waals surface area contributed by atoms with E-state index in [1.165, 1.54) is 0 Å². The number of esters is 1. The lowest BCUT2D eigenvalue weighted by Gasteiger charge is -2.51. The molecule has 9 rings (SSSR count). The molecule has 5 unspecified atom stereocenters. The monoisotopic (exact) mass is 841 g/mol. The fourth-order valence-corrected chi connectivity index (χ4v) is 12.5. The summed E-state index contributed by atoms with van der Waals surface area (Å²) in [6.45, 7) is 24.0. The Bertz CT molecular complexity index is 1600. The van der Waals surface area contributed by atoms with Crippen molar-refractivity contribution in [3.8, 4) is 0 Å². The third-order valence-corrected chi connectivity index (χ3v) is 15.9. The lowest BCUT2D eigenvalue weighted by atomic mass is 9.78. The van der Waals surface area contributed by atoms with Crippen LogP contribution in [0.5, 0.6) is 0 Å². The summed E-state index contributed by atoms with van der Waals surface area (Å²) in [6, 6.07) is 0. The first kappa shape index (κ1) is 43.5. The third-order valence-electron chi connectivity index (χ3n) is 15.9. The highest BCUT2D eigenvalue weighted by Crippen LogP contribution is 2.54. The first-order chi connectivity index (χ1) is 28.8. The van der Waals surface area contributed by atoms with Gasteiger partial charge in [-0.25, -0.2) is 0 Å². The average molecular weight is 841 g/mol. The van der Waals surface area contributed by atoms with E-state index in [2.05, 4.69) is 54.4 Å². The summed E-state index contributed by atoms with van der Waals surface area (Å²) in [5, 5.41) is 12.6. The van der Waals surface area contributed by atoms with Gasteiger partial charge in [-0.2, -0.15) is 0 Å². The molecule has 21 atom stereocenters. The predicted molar refractivity (Wildman–Crippen MR) is 221 cm³/mol. The number of aliphatic hydroxyl groups is 1. The van der Waals surface area contributed by atoms with Gasteiger partial charge < -0.3 is 52.5 Å². The normalized spacial score (nSPS) is 52.0. The second kappa shape index (κ2) is 17.3. The minimum Gasteiger partial charge on any atom is -0.459 e. The molecule has 0 amide bonds. The van der Waals surface area contributed by atoms with Gasteiger partial charge in [0.15, 0.2) is 11.6 Å². The number of fused-ring (bicyclic) bond motifs is 9. The van der Waals surface area contributed by atoms with E-state index in [-0.39, 0.29) is 98.1 Å². The zero-order valence-corrected chi connectivity index (χ0v) is 36.7. The van der Waals surface area contributed by atoms with Crippen LogP contribution in [0.25, 0.3) is 0 Å². The van der Waals surface area contributed by atoms with Gasteiger partial charge in [-0.15, -0.1) is 6.58 Å². The van der Waals surface area contributed by atoms with E-state index in [1.807, 2.05) is 0 Å². The fraction of sp³-hybridized carbons (Fsp3) is 0.854. The molecule has 9 aliphatic heterocycles. The number of hydrogen-bond donors (Lipinski definition) is 1. The molecule has 0 aromatic heterocycles. The Hall–Kier alpha value is -1.71. The molecule has 9 aliphatic rings. The van der Waals surface area contributed by atoms with E-state index in [9.17, 15) is 9.90 Å². The topological polar surface area (TPSA) is 130 Å². The largest absolute Gasteiger partial charge is 0.459 e. The molecule has 1 N–H and O–H groups in total. The van der Waals surface area contributed by atoms with Crippen molar-refractivity contribution in [2.24, 2.45) is 23.7 Å². The predicted octanol–water partition coefficient (Wildman–Crippen LogP) is 7.04. The number of hydrogen-bond acceptors (Lipinski definition) is 12. The summed E-state index contributed by atoms with van der Waals surface area (Å²) in [5.74, 6) is -2.74. The van der Waals surface area contributed by atoms with Gasteiger partial charge in [-0.3, -0.25) is 4.79 Å². The molecule has 12 nitrogen and oxygen atoms in total. The summed E-state index contributed by atoms with van der Waals surface area (Å²) in [4.78, 5) is 14.2. The van der Waals surface area contributed by atoms with E-state index < -0.39 is 48.2 Å². The highest BCUT2D eigenvalue weighted by Gasteiger charge is 2.68. The van der Waals surface area contributed by atoms with Crippen LogP contribution in [0.1, 0.15) is 125 Å². The molecule has 9 saturated heterocycles. The molecular weight excluding hydrogens is 769 g/mol. The minimum atomic E-state index is -1.60. The molecule has 0 spiro atoms. The molecule has 0 aliphatic carbocycles. The zero-order chi connectivity index (χ0) is 42.1. The van der Waals surface area contributed by atoms with Gasteiger partial charge in [0.1, 0.15) is 24.4 Å². The Morgan fingerprint density at radius 3 is 2.30 bits per heavy atom. The van der Waals surface area contributed by atoms with Gasteiger partial charge in [0.2, 0.25) is 0 Å². The Labute approximate surface area is 357 Å². The lowest BCUT2D eigenvalue weighted by Crippen LogP contribution is -2.64. The van der Waals surface area contributed by atoms with Crippen LogP contribution in [0.4, 0.5) is 0 Å². The quantitative estimate of drug-likeness (QED) is 0.225. The second-order valence-electron chi connectivity index (χ2n) is 20.2. The maximum absolute atomic E-state index is 14.2. The molecule has 336 valence electrons.